The van der Waals surface area contributed by atoms with Crippen molar-refractivity contribution in [2.45, 2.75) is 58.0 Å². The Morgan fingerprint density at radius 2 is 2.11 bits per heavy atom. The van der Waals surface area contributed by atoms with Crippen molar-refractivity contribution in [3.8, 4) is 0 Å². The molecule has 0 bridgehead atoms. The minimum absolute atomic E-state index is 0.213. The molecular formula is C14H28N2O2. The van der Waals surface area contributed by atoms with Crippen LogP contribution in [0.1, 0.15) is 40.0 Å². The number of rotatable bonds is 4. The average molecular weight is 256 g/mol. The minimum atomic E-state index is -0.394. The van der Waals surface area contributed by atoms with Crippen molar-refractivity contribution in [1.82, 2.24) is 10.2 Å². The molecule has 2 saturated heterocycles. The molecule has 0 radical (unpaired) electrons. The molecule has 2 fully saturated rings. The van der Waals surface area contributed by atoms with Crippen LogP contribution in [0.5, 0.6) is 0 Å². The van der Waals surface area contributed by atoms with Crippen LogP contribution in [0.3, 0.4) is 0 Å². The Morgan fingerprint density at radius 3 is 2.78 bits per heavy atom. The highest BCUT2D eigenvalue weighted by Gasteiger charge is 2.32. The minimum Gasteiger partial charge on any atom is -0.348 e. The lowest BCUT2D eigenvalue weighted by atomic mass is 10.1. The average Bonchev–Trinajstić information content (AvgIpc) is 2.56. The predicted octanol–water partition coefficient (Wildman–Crippen LogP) is 1.60. The summed E-state index contributed by atoms with van der Waals surface area (Å²) in [6.45, 7) is 11.5. The van der Waals surface area contributed by atoms with Crippen LogP contribution in [-0.4, -0.2) is 55.6 Å². The molecule has 2 unspecified atom stereocenters. The van der Waals surface area contributed by atoms with E-state index in [1.165, 1.54) is 38.9 Å². The molecule has 2 heterocycles. The third-order valence-electron chi connectivity index (χ3n) is 3.97. The Labute approximate surface area is 111 Å². The Hall–Kier alpha value is -0.160. The molecule has 0 aromatic heterocycles. The summed E-state index contributed by atoms with van der Waals surface area (Å²) in [4.78, 5) is 2.54. The first-order valence-corrected chi connectivity index (χ1v) is 7.36. The van der Waals surface area contributed by atoms with Crippen LogP contribution in [0, 0.1) is 0 Å². The number of ether oxygens (including phenoxy) is 2. The monoisotopic (exact) mass is 256 g/mol. The lowest BCUT2D eigenvalue weighted by Crippen LogP contribution is -2.38. The smallest absolute Gasteiger partial charge is 0.163 e. The van der Waals surface area contributed by atoms with E-state index < -0.39 is 5.79 Å². The Balaban J connectivity index is 1.67. The van der Waals surface area contributed by atoms with Gasteiger partial charge in [-0.15, -0.1) is 0 Å². The third kappa shape index (κ3) is 4.19. The number of nitrogens with zero attached hydrogens (tertiary/aromatic N) is 1. The fourth-order valence-corrected chi connectivity index (χ4v) is 2.84. The van der Waals surface area contributed by atoms with E-state index in [2.05, 4.69) is 17.1 Å². The fourth-order valence-electron chi connectivity index (χ4n) is 2.84. The molecule has 0 aromatic rings. The molecule has 0 aromatic carbocycles. The summed E-state index contributed by atoms with van der Waals surface area (Å²) in [6, 6.07) is 0.647. The SMILES string of the molecule is CCN1CCCC(NCC2COC(C)(C)O2)CC1. The largest absolute Gasteiger partial charge is 0.348 e. The highest BCUT2D eigenvalue weighted by atomic mass is 16.7. The Morgan fingerprint density at radius 1 is 1.28 bits per heavy atom. The summed E-state index contributed by atoms with van der Waals surface area (Å²) in [5.41, 5.74) is 0. The van der Waals surface area contributed by atoms with Gasteiger partial charge in [0.15, 0.2) is 5.79 Å². The van der Waals surface area contributed by atoms with Crippen molar-refractivity contribution in [3.05, 3.63) is 0 Å². The van der Waals surface area contributed by atoms with Crippen molar-refractivity contribution >= 4 is 0 Å². The lowest BCUT2D eigenvalue weighted by Gasteiger charge is -2.21. The van der Waals surface area contributed by atoms with Gasteiger partial charge in [0.25, 0.3) is 0 Å². The van der Waals surface area contributed by atoms with Gasteiger partial charge in [-0.1, -0.05) is 6.92 Å². The quantitative estimate of drug-likeness (QED) is 0.828. The second kappa shape index (κ2) is 6.33. The molecule has 4 nitrogen and oxygen atoms in total. The van der Waals surface area contributed by atoms with Crippen LogP contribution in [0.2, 0.25) is 0 Å². The van der Waals surface area contributed by atoms with Gasteiger partial charge >= 0.3 is 0 Å². The third-order valence-corrected chi connectivity index (χ3v) is 3.97. The van der Waals surface area contributed by atoms with Gasteiger partial charge in [-0.2, -0.15) is 0 Å². The van der Waals surface area contributed by atoms with E-state index in [-0.39, 0.29) is 6.10 Å². The summed E-state index contributed by atoms with van der Waals surface area (Å²) in [5, 5.41) is 3.65. The molecule has 0 spiro atoms. The molecule has 18 heavy (non-hydrogen) atoms. The molecule has 2 aliphatic heterocycles. The molecule has 0 saturated carbocycles. The summed E-state index contributed by atoms with van der Waals surface area (Å²) < 4.78 is 11.4. The second-order valence-corrected chi connectivity index (χ2v) is 5.92. The van der Waals surface area contributed by atoms with Crippen molar-refractivity contribution in [3.63, 3.8) is 0 Å². The number of nitrogens with one attached hydrogen (secondary N) is 1. The van der Waals surface area contributed by atoms with E-state index in [9.17, 15) is 0 Å². The summed E-state index contributed by atoms with van der Waals surface area (Å²) >= 11 is 0. The zero-order valence-electron chi connectivity index (χ0n) is 12.1. The lowest BCUT2D eigenvalue weighted by molar-refractivity contribution is -0.137. The van der Waals surface area contributed by atoms with E-state index in [1.807, 2.05) is 13.8 Å². The number of likely N-dealkylation sites (tertiary alicyclic amines) is 1. The van der Waals surface area contributed by atoms with Crippen LogP contribution in [0.15, 0.2) is 0 Å². The van der Waals surface area contributed by atoms with Gasteiger partial charge in [-0.25, -0.2) is 0 Å². The van der Waals surface area contributed by atoms with Crippen LogP contribution < -0.4 is 5.32 Å². The van der Waals surface area contributed by atoms with Gasteiger partial charge in [-0.05, 0) is 52.7 Å². The van der Waals surface area contributed by atoms with Crippen molar-refractivity contribution in [2.24, 2.45) is 0 Å². The zero-order valence-corrected chi connectivity index (χ0v) is 12.1. The molecule has 4 heteroatoms. The zero-order chi connectivity index (χ0) is 13.0. The van der Waals surface area contributed by atoms with E-state index in [4.69, 9.17) is 9.47 Å². The molecule has 0 amide bonds. The van der Waals surface area contributed by atoms with E-state index in [0.29, 0.717) is 12.6 Å². The molecule has 2 atom stereocenters. The highest BCUT2D eigenvalue weighted by Crippen LogP contribution is 2.22. The first kappa shape index (κ1) is 14.3. The maximum atomic E-state index is 5.82. The highest BCUT2D eigenvalue weighted by molar-refractivity contribution is 4.78. The van der Waals surface area contributed by atoms with E-state index >= 15 is 0 Å². The van der Waals surface area contributed by atoms with Crippen LogP contribution in [0.4, 0.5) is 0 Å². The van der Waals surface area contributed by atoms with Gasteiger partial charge in [0.2, 0.25) is 0 Å². The van der Waals surface area contributed by atoms with Crippen LogP contribution >= 0.6 is 0 Å². The first-order chi connectivity index (χ1) is 8.59. The van der Waals surface area contributed by atoms with Gasteiger partial charge in [0, 0.05) is 12.6 Å². The van der Waals surface area contributed by atoms with Gasteiger partial charge in [0.1, 0.15) is 0 Å². The molecule has 106 valence electrons. The fraction of sp³-hybridized carbons (Fsp3) is 1.00. The van der Waals surface area contributed by atoms with Gasteiger partial charge in [0.05, 0.1) is 12.7 Å². The predicted molar refractivity (Wildman–Crippen MR) is 72.7 cm³/mol. The van der Waals surface area contributed by atoms with Crippen LogP contribution in [0.25, 0.3) is 0 Å². The summed E-state index contributed by atoms with van der Waals surface area (Å²) in [5.74, 6) is -0.394. The van der Waals surface area contributed by atoms with E-state index in [1.54, 1.807) is 0 Å². The molecule has 1 N–H and O–H groups in total. The van der Waals surface area contributed by atoms with E-state index in [0.717, 1.165) is 6.54 Å². The topological polar surface area (TPSA) is 33.7 Å². The van der Waals surface area contributed by atoms with Crippen molar-refractivity contribution in [2.75, 3.05) is 32.8 Å². The standard InChI is InChI=1S/C14H28N2O2/c1-4-16-8-5-6-12(7-9-16)15-10-13-11-17-14(2,3)18-13/h12-13,15H,4-11H2,1-3H3. The van der Waals surface area contributed by atoms with Gasteiger partial charge in [-0.3, -0.25) is 0 Å². The summed E-state index contributed by atoms with van der Waals surface area (Å²) in [7, 11) is 0. The number of hydrogen-bond donors (Lipinski definition) is 1. The maximum absolute atomic E-state index is 5.82. The second-order valence-electron chi connectivity index (χ2n) is 5.92. The summed E-state index contributed by atoms with van der Waals surface area (Å²) in [6.07, 6.45) is 4.06. The molecule has 2 rings (SSSR count). The molecular weight excluding hydrogens is 228 g/mol. The Kier molecular flexibility index (Phi) is 5.01. The van der Waals surface area contributed by atoms with Crippen molar-refractivity contribution < 1.29 is 9.47 Å². The Bertz CT molecular complexity index is 258. The van der Waals surface area contributed by atoms with Crippen molar-refractivity contribution in [1.29, 1.82) is 0 Å². The van der Waals surface area contributed by atoms with Crippen LogP contribution in [-0.2, 0) is 9.47 Å². The first-order valence-electron chi connectivity index (χ1n) is 7.36. The molecule has 2 aliphatic rings. The van der Waals surface area contributed by atoms with Gasteiger partial charge < -0.3 is 19.7 Å². The normalized spacial score (nSPS) is 33.5. The number of hydrogen-bond acceptors (Lipinski definition) is 4. The molecule has 0 aliphatic carbocycles. The maximum Gasteiger partial charge on any atom is 0.163 e.